The van der Waals surface area contributed by atoms with Crippen molar-refractivity contribution in [2.75, 3.05) is 6.61 Å². The summed E-state index contributed by atoms with van der Waals surface area (Å²) in [6.45, 7) is 5.44. The van der Waals surface area contributed by atoms with Gasteiger partial charge in [0.1, 0.15) is 5.75 Å². The number of hydrogen-bond acceptors (Lipinski definition) is 6. The highest BCUT2D eigenvalue weighted by molar-refractivity contribution is 7.13. The SMILES string of the molecule is CC(C)COc1ccc(CNC(=O)CCCc2nc(-c3cccs3)no2)cc1. The molecule has 0 spiro atoms. The van der Waals surface area contributed by atoms with Gasteiger partial charge < -0.3 is 14.6 Å². The average Bonchev–Trinajstić information content (AvgIpc) is 3.37. The molecule has 0 saturated heterocycles. The molecule has 28 heavy (non-hydrogen) atoms. The lowest BCUT2D eigenvalue weighted by molar-refractivity contribution is -0.121. The summed E-state index contributed by atoms with van der Waals surface area (Å²) in [6.07, 6.45) is 1.68. The lowest BCUT2D eigenvalue weighted by atomic mass is 10.2. The van der Waals surface area contributed by atoms with Crippen molar-refractivity contribution >= 4 is 17.2 Å². The third-order valence-corrected chi connectivity index (χ3v) is 4.87. The van der Waals surface area contributed by atoms with E-state index >= 15 is 0 Å². The zero-order valence-corrected chi connectivity index (χ0v) is 17.0. The molecule has 6 nitrogen and oxygen atoms in total. The fourth-order valence-electron chi connectivity index (χ4n) is 2.52. The smallest absolute Gasteiger partial charge is 0.226 e. The number of carbonyl (C=O) groups is 1. The van der Waals surface area contributed by atoms with Crippen molar-refractivity contribution in [3.63, 3.8) is 0 Å². The van der Waals surface area contributed by atoms with Crippen LogP contribution in [0.15, 0.2) is 46.3 Å². The van der Waals surface area contributed by atoms with Gasteiger partial charge in [0.25, 0.3) is 0 Å². The summed E-state index contributed by atoms with van der Waals surface area (Å²) in [5.41, 5.74) is 1.04. The van der Waals surface area contributed by atoms with Crippen LogP contribution in [-0.2, 0) is 17.8 Å². The van der Waals surface area contributed by atoms with Crippen molar-refractivity contribution in [3.8, 4) is 16.5 Å². The first kappa shape index (κ1) is 20.1. The van der Waals surface area contributed by atoms with Crippen molar-refractivity contribution in [2.24, 2.45) is 5.92 Å². The summed E-state index contributed by atoms with van der Waals surface area (Å²) in [4.78, 5) is 17.4. The van der Waals surface area contributed by atoms with Crippen molar-refractivity contribution in [3.05, 3.63) is 53.2 Å². The predicted molar refractivity (Wildman–Crippen MR) is 109 cm³/mol. The van der Waals surface area contributed by atoms with E-state index in [4.69, 9.17) is 9.26 Å². The van der Waals surface area contributed by atoms with Crippen LogP contribution in [0.3, 0.4) is 0 Å². The van der Waals surface area contributed by atoms with Crippen molar-refractivity contribution in [1.82, 2.24) is 15.5 Å². The Morgan fingerprint density at radius 1 is 1.25 bits per heavy atom. The maximum Gasteiger partial charge on any atom is 0.226 e. The van der Waals surface area contributed by atoms with Gasteiger partial charge in [-0.2, -0.15) is 4.98 Å². The normalized spacial score (nSPS) is 11.0. The number of hydrogen-bond donors (Lipinski definition) is 1. The number of rotatable bonds is 10. The number of amides is 1. The van der Waals surface area contributed by atoms with Crippen LogP contribution in [0.2, 0.25) is 0 Å². The fourth-order valence-corrected chi connectivity index (χ4v) is 3.17. The Hall–Kier alpha value is -2.67. The van der Waals surface area contributed by atoms with Crippen LogP contribution in [0.25, 0.3) is 10.7 Å². The standard InChI is InChI=1S/C21H25N3O3S/c1-15(2)14-26-17-10-8-16(9-11-17)13-22-19(25)6-3-7-20-23-21(24-27-20)18-5-4-12-28-18/h4-5,8-12,15H,3,6-7,13-14H2,1-2H3,(H,22,25). The van der Waals surface area contributed by atoms with E-state index in [-0.39, 0.29) is 5.91 Å². The number of nitrogens with one attached hydrogen (secondary N) is 1. The molecule has 0 unspecified atom stereocenters. The molecule has 0 saturated carbocycles. The van der Waals surface area contributed by atoms with E-state index in [1.54, 1.807) is 11.3 Å². The minimum atomic E-state index is 0.0122. The van der Waals surface area contributed by atoms with Gasteiger partial charge in [-0.25, -0.2) is 0 Å². The zero-order valence-electron chi connectivity index (χ0n) is 16.2. The summed E-state index contributed by atoms with van der Waals surface area (Å²) >= 11 is 1.57. The summed E-state index contributed by atoms with van der Waals surface area (Å²) in [5.74, 6) is 2.53. The first-order chi connectivity index (χ1) is 13.6. The predicted octanol–water partition coefficient (Wildman–Crippen LogP) is 4.47. The fraction of sp³-hybridized carbons (Fsp3) is 0.381. The topological polar surface area (TPSA) is 77.2 Å². The first-order valence-corrected chi connectivity index (χ1v) is 10.3. The molecular weight excluding hydrogens is 374 g/mol. The highest BCUT2D eigenvalue weighted by atomic mass is 32.1. The first-order valence-electron chi connectivity index (χ1n) is 9.45. The summed E-state index contributed by atoms with van der Waals surface area (Å²) < 4.78 is 10.9. The lowest BCUT2D eigenvalue weighted by Crippen LogP contribution is -2.22. The minimum Gasteiger partial charge on any atom is -0.493 e. The summed E-state index contributed by atoms with van der Waals surface area (Å²) in [7, 11) is 0. The molecule has 0 aliphatic rings. The van der Waals surface area contributed by atoms with E-state index in [0.717, 1.165) is 16.2 Å². The van der Waals surface area contributed by atoms with E-state index in [1.165, 1.54) is 0 Å². The number of nitrogens with zero attached hydrogens (tertiary/aromatic N) is 2. The molecule has 7 heteroatoms. The van der Waals surface area contributed by atoms with Crippen LogP contribution in [-0.4, -0.2) is 22.7 Å². The molecule has 2 aromatic heterocycles. The number of aryl methyl sites for hydroxylation is 1. The molecule has 0 aliphatic heterocycles. The molecule has 0 bridgehead atoms. The number of ether oxygens (including phenoxy) is 1. The molecule has 3 rings (SSSR count). The van der Waals surface area contributed by atoms with Gasteiger partial charge in [0.15, 0.2) is 0 Å². The van der Waals surface area contributed by atoms with Gasteiger partial charge in [0, 0.05) is 19.4 Å². The maximum absolute atomic E-state index is 12.0. The van der Waals surface area contributed by atoms with Crippen LogP contribution in [0.4, 0.5) is 0 Å². The van der Waals surface area contributed by atoms with Gasteiger partial charge in [-0.05, 0) is 41.5 Å². The minimum absolute atomic E-state index is 0.0122. The maximum atomic E-state index is 12.0. The van der Waals surface area contributed by atoms with Crippen LogP contribution in [0.1, 0.15) is 38.1 Å². The number of carbonyl (C=O) groups excluding carboxylic acids is 1. The van der Waals surface area contributed by atoms with E-state index in [1.807, 2.05) is 41.8 Å². The quantitative estimate of drug-likeness (QED) is 0.544. The Morgan fingerprint density at radius 3 is 2.79 bits per heavy atom. The zero-order chi connectivity index (χ0) is 19.8. The van der Waals surface area contributed by atoms with E-state index in [0.29, 0.717) is 50.0 Å². The van der Waals surface area contributed by atoms with E-state index < -0.39 is 0 Å². The molecule has 148 valence electrons. The van der Waals surface area contributed by atoms with Crippen molar-refractivity contribution in [1.29, 1.82) is 0 Å². The van der Waals surface area contributed by atoms with Crippen molar-refractivity contribution < 1.29 is 14.1 Å². The van der Waals surface area contributed by atoms with Crippen molar-refractivity contribution in [2.45, 2.75) is 39.7 Å². The van der Waals surface area contributed by atoms with Crippen LogP contribution >= 0.6 is 11.3 Å². The molecule has 3 aromatic rings. The average molecular weight is 400 g/mol. The second-order valence-corrected chi connectivity index (χ2v) is 7.92. The third-order valence-electron chi connectivity index (χ3n) is 4.00. The molecule has 1 aromatic carbocycles. The molecule has 0 fully saturated rings. The summed E-state index contributed by atoms with van der Waals surface area (Å²) in [5, 5.41) is 8.89. The van der Waals surface area contributed by atoms with Gasteiger partial charge >= 0.3 is 0 Å². The Bertz CT molecular complexity index is 857. The van der Waals surface area contributed by atoms with Gasteiger partial charge in [0.05, 0.1) is 11.5 Å². The molecule has 2 heterocycles. The second-order valence-electron chi connectivity index (χ2n) is 6.97. The van der Waals surface area contributed by atoms with E-state index in [2.05, 4.69) is 29.3 Å². The second kappa shape index (κ2) is 10.0. The Balaban J connectivity index is 1.35. The monoisotopic (exact) mass is 399 g/mol. The highest BCUT2D eigenvalue weighted by Gasteiger charge is 2.10. The molecule has 0 radical (unpaired) electrons. The lowest BCUT2D eigenvalue weighted by Gasteiger charge is -2.09. The molecule has 0 aliphatic carbocycles. The van der Waals surface area contributed by atoms with Gasteiger partial charge in [0.2, 0.25) is 17.6 Å². The summed E-state index contributed by atoms with van der Waals surface area (Å²) in [6, 6.07) is 11.7. The molecule has 0 atom stereocenters. The number of benzene rings is 1. The van der Waals surface area contributed by atoms with E-state index in [9.17, 15) is 4.79 Å². The van der Waals surface area contributed by atoms with Gasteiger partial charge in [-0.1, -0.05) is 37.2 Å². The molecule has 1 amide bonds. The molecule has 1 N–H and O–H groups in total. The van der Waals surface area contributed by atoms with Gasteiger partial charge in [-0.15, -0.1) is 11.3 Å². The van der Waals surface area contributed by atoms with Crippen LogP contribution < -0.4 is 10.1 Å². The number of thiophene rings is 1. The van der Waals surface area contributed by atoms with Crippen LogP contribution in [0, 0.1) is 5.92 Å². The Kier molecular flexibility index (Phi) is 7.19. The molecular formula is C21H25N3O3S. The van der Waals surface area contributed by atoms with Crippen LogP contribution in [0.5, 0.6) is 5.75 Å². The largest absolute Gasteiger partial charge is 0.493 e. The number of aromatic nitrogens is 2. The third kappa shape index (κ3) is 6.20. The Morgan fingerprint density at radius 2 is 2.07 bits per heavy atom. The highest BCUT2D eigenvalue weighted by Crippen LogP contribution is 2.21. The Labute approximate surface area is 168 Å². The van der Waals surface area contributed by atoms with Gasteiger partial charge in [-0.3, -0.25) is 4.79 Å².